The fourth-order valence-corrected chi connectivity index (χ4v) is 6.54. The molecule has 0 bridgehead atoms. The number of rotatable bonds is 5. The van der Waals surface area contributed by atoms with Gasteiger partial charge in [-0.3, -0.25) is 4.79 Å². The van der Waals surface area contributed by atoms with Crippen molar-refractivity contribution < 1.29 is 18.3 Å². The Hall–Kier alpha value is -0.960. The maximum absolute atomic E-state index is 12.9. The van der Waals surface area contributed by atoms with Crippen LogP contribution in [-0.4, -0.2) is 42.5 Å². The second kappa shape index (κ2) is 9.45. The van der Waals surface area contributed by atoms with Crippen molar-refractivity contribution in [3.63, 3.8) is 0 Å². The number of hydrogen-bond acceptors (Lipinski definition) is 5. The summed E-state index contributed by atoms with van der Waals surface area (Å²) in [6, 6.07) is 8.48. The molecule has 29 heavy (non-hydrogen) atoms. The van der Waals surface area contributed by atoms with E-state index >= 15 is 0 Å². The van der Waals surface area contributed by atoms with Crippen LogP contribution in [0.3, 0.4) is 0 Å². The number of nitrogens with zero attached hydrogens (tertiary/aromatic N) is 2. The van der Waals surface area contributed by atoms with Gasteiger partial charge in [0.2, 0.25) is 10.0 Å². The lowest BCUT2D eigenvalue weighted by Crippen LogP contribution is -2.44. The fourth-order valence-electron chi connectivity index (χ4n) is 2.94. The summed E-state index contributed by atoms with van der Waals surface area (Å²) in [6.07, 6.45) is 2.46. The third kappa shape index (κ3) is 5.21. The van der Waals surface area contributed by atoms with Gasteiger partial charge in [0.05, 0.1) is 18.3 Å². The Kier molecular flexibility index (Phi) is 7.41. The number of phenolic OH excluding ortho intramolecular Hbond substituents is 1. The summed E-state index contributed by atoms with van der Waals surface area (Å²) in [5.74, 6) is -0.291. The second-order valence-electron chi connectivity index (χ2n) is 6.30. The highest BCUT2D eigenvalue weighted by Gasteiger charge is 2.39. The van der Waals surface area contributed by atoms with E-state index in [2.05, 4.69) is 10.5 Å². The van der Waals surface area contributed by atoms with Gasteiger partial charge in [-0.15, -0.1) is 0 Å². The molecule has 2 aromatic rings. The highest BCUT2D eigenvalue weighted by Crippen LogP contribution is 2.28. The van der Waals surface area contributed by atoms with E-state index in [0.717, 1.165) is 0 Å². The second-order valence-corrected chi connectivity index (χ2v) is 10.9. The Morgan fingerprint density at radius 3 is 2.48 bits per heavy atom. The van der Waals surface area contributed by atoms with E-state index < -0.39 is 22.0 Å². The molecule has 1 aliphatic rings. The van der Waals surface area contributed by atoms with Crippen molar-refractivity contribution in [3.05, 3.63) is 54.1 Å². The Morgan fingerprint density at radius 2 is 1.86 bits per heavy atom. The molecule has 0 radical (unpaired) electrons. The van der Waals surface area contributed by atoms with Crippen LogP contribution >= 0.6 is 56.8 Å². The lowest BCUT2D eigenvalue weighted by atomic mass is 10.2. The molecule has 2 N–H and O–H groups in total. The molecule has 7 nitrogen and oxygen atoms in total. The fraction of sp³-hybridized carbons (Fsp3) is 0.222. The minimum absolute atomic E-state index is 0.0957. The molecule has 0 aromatic heterocycles. The van der Waals surface area contributed by atoms with E-state index in [1.54, 1.807) is 12.1 Å². The molecule has 0 unspecified atom stereocenters. The van der Waals surface area contributed by atoms with Crippen LogP contribution in [0.25, 0.3) is 0 Å². The summed E-state index contributed by atoms with van der Waals surface area (Å²) in [5, 5.41) is 14.2. The third-order valence-corrected chi connectivity index (χ3v) is 8.17. The molecule has 0 spiro atoms. The maximum Gasteiger partial charge on any atom is 0.258 e. The molecule has 1 atom stereocenters. The molecule has 1 amide bonds. The molecule has 2 aromatic carbocycles. The van der Waals surface area contributed by atoms with E-state index in [-0.39, 0.29) is 17.2 Å². The van der Waals surface area contributed by atoms with Gasteiger partial charge in [-0.25, -0.2) is 13.8 Å². The summed E-state index contributed by atoms with van der Waals surface area (Å²) < 4.78 is 28.3. The predicted molar refractivity (Wildman–Crippen MR) is 128 cm³/mol. The number of hydrogen-bond donors (Lipinski definition) is 2. The van der Waals surface area contributed by atoms with E-state index in [0.29, 0.717) is 30.6 Å². The van der Waals surface area contributed by atoms with Gasteiger partial charge in [0.15, 0.2) is 0 Å². The van der Waals surface area contributed by atoms with E-state index in [1.807, 2.05) is 45.2 Å². The van der Waals surface area contributed by atoms with Crippen LogP contribution in [0.5, 0.6) is 5.75 Å². The summed E-state index contributed by atoms with van der Waals surface area (Å²) in [6.45, 7) is 0.265. The molecule has 11 heteroatoms. The average molecular weight is 660 g/mol. The van der Waals surface area contributed by atoms with E-state index in [1.165, 1.54) is 34.8 Å². The maximum atomic E-state index is 12.9. The van der Waals surface area contributed by atoms with Gasteiger partial charge in [-0.05, 0) is 100.0 Å². The largest absolute Gasteiger partial charge is 0.506 e. The molecule has 0 aliphatic carbocycles. The number of phenols is 1. The van der Waals surface area contributed by atoms with E-state index in [9.17, 15) is 18.3 Å². The zero-order valence-corrected chi connectivity index (χ0v) is 20.7. The lowest BCUT2D eigenvalue weighted by Gasteiger charge is -2.22. The van der Waals surface area contributed by atoms with Crippen molar-refractivity contribution in [3.8, 4) is 5.75 Å². The van der Waals surface area contributed by atoms with Crippen molar-refractivity contribution >= 4 is 78.9 Å². The van der Waals surface area contributed by atoms with Gasteiger partial charge < -0.3 is 5.11 Å². The van der Waals surface area contributed by atoms with Gasteiger partial charge >= 0.3 is 0 Å². The first-order valence-electron chi connectivity index (χ1n) is 8.48. The highest BCUT2D eigenvalue weighted by molar-refractivity contribution is 14.1. The number of amides is 1. The van der Waals surface area contributed by atoms with Crippen molar-refractivity contribution in [2.75, 3.05) is 6.54 Å². The van der Waals surface area contributed by atoms with E-state index in [4.69, 9.17) is 11.6 Å². The Morgan fingerprint density at radius 1 is 1.24 bits per heavy atom. The first-order valence-corrected chi connectivity index (χ1v) is 12.5. The van der Waals surface area contributed by atoms with Gasteiger partial charge in [-0.2, -0.15) is 9.41 Å². The van der Waals surface area contributed by atoms with Crippen LogP contribution in [0, 0.1) is 7.14 Å². The average Bonchev–Trinajstić information content (AvgIpc) is 3.17. The SMILES string of the molecule is O=C(N/N=C\c1cc(I)c(O)c(I)c1)[C@H]1CCCN1S(=O)(=O)c1ccc(Cl)cc1. The normalized spacial score (nSPS) is 17.7. The first-order chi connectivity index (χ1) is 13.7. The molecule has 1 aliphatic heterocycles. The quantitative estimate of drug-likeness (QED) is 0.292. The zero-order chi connectivity index (χ0) is 21.2. The van der Waals surface area contributed by atoms with Crippen LogP contribution < -0.4 is 5.43 Å². The molecule has 0 saturated carbocycles. The Labute approximate surface area is 200 Å². The molecular formula is C18H16ClI2N3O4S. The molecule has 3 rings (SSSR count). The van der Waals surface area contributed by atoms with Gasteiger partial charge in [0.25, 0.3) is 5.91 Å². The number of aromatic hydroxyl groups is 1. The predicted octanol–water partition coefficient (Wildman–Crippen LogP) is 3.56. The smallest absolute Gasteiger partial charge is 0.258 e. The minimum Gasteiger partial charge on any atom is -0.506 e. The summed E-state index contributed by atoms with van der Waals surface area (Å²) >= 11 is 9.84. The van der Waals surface area contributed by atoms with Crippen LogP contribution in [0.15, 0.2) is 46.4 Å². The van der Waals surface area contributed by atoms with Crippen LogP contribution in [-0.2, 0) is 14.8 Å². The zero-order valence-electron chi connectivity index (χ0n) is 14.8. The first kappa shape index (κ1) is 22.7. The molecule has 154 valence electrons. The molecule has 1 heterocycles. The minimum atomic E-state index is -3.81. The van der Waals surface area contributed by atoms with Crippen molar-refractivity contribution in [1.29, 1.82) is 0 Å². The summed E-state index contributed by atoms with van der Waals surface area (Å²) in [7, 11) is -3.81. The topological polar surface area (TPSA) is 99.1 Å². The Balaban J connectivity index is 1.72. The number of nitrogens with one attached hydrogen (secondary N) is 1. The highest BCUT2D eigenvalue weighted by atomic mass is 127. The monoisotopic (exact) mass is 659 g/mol. The Bertz CT molecular complexity index is 1040. The number of hydrazone groups is 1. The van der Waals surface area contributed by atoms with Crippen molar-refractivity contribution in [2.24, 2.45) is 5.10 Å². The molecule has 1 saturated heterocycles. The van der Waals surface area contributed by atoms with Crippen LogP contribution in [0.2, 0.25) is 5.02 Å². The number of benzene rings is 2. The number of carbonyl (C=O) groups excluding carboxylic acids is 1. The molecular weight excluding hydrogens is 644 g/mol. The number of halogens is 3. The van der Waals surface area contributed by atoms with Gasteiger partial charge in [-0.1, -0.05) is 11.6 Å². The molecule has 1 fully saturated rings. The third-order valence-electron chi connectivity index (χ3n) is 4.35. The van der Waals surface area contributed by atoms with Gasteiger partial charge in [0.1, 0.15) is 11.8 Å². The van der Waals surface area contributed by atoms with Gasteiger partial charge in [0, 0.05) is 11.6 Å². The van der Waals surface area contributed by atoms with Crippen molar-refractivity contribution in [1.82, 2.24) is 9.73 Å². The van der Waals surface area contributed by atoms with Crippen LogP contribution in [0.4, 0.5) is 0 Å². The van der Waals surface area contributed by atoms with Crippen LogP contribution in [0.1, 0.15) is 18.4 Å². The number of sulfonamides is 1. The standard InChI is InChI=1S/C18H16ClI2N3O4S/c19-12-3-5-13(6-4-12)29(27,28)24-7-1-2-16(24)18(26)23-22-10-11-8-14(20)17(25)15(21)9-11/h3-6,8-10,16,25H,1-2,7H2,(H,23,26)/b22-10-/t16-/m1/s1. The lowest BCUT2D eigenvalue weighted by molar-refractivity contribution is -0.124. The summed E-state index contributed by atoms with van der Waals surface area (Å²) in [4.78, 5) is 12.7. The number of carbonyl (C=O) groups is 1. The summed E-state index contributed by atoms with van der Waals surface area (Å²) in [5.41, 5.74) is 3.13. The van der Waals surface area contributed by atoms with Crippen molar-refractivity contribution in [2.45, 2.75) is 23.8 Å².